The van der Waals surface area contributed by atoms with E-state index in [1.165, 1.54) is 43.8 Å². The molecule has 3 rings (SSSR count). The Morgan fingerprint density at radius 3 is 2.14 bits per heavy atom. The van der Waals surface area contributed by atoms with Gasteiger partial charge in [0.25, 0.3) is 33.2 Å². The molecule has 1 amide bonds. The van der Waals surface area contributed by atoms with E-state index in [2.05, 4.69) is 25.3 Å². The normalized spacial score (nSPS) is 10.7. The van der Waals surface area contributed by atoms with Crippen molar-refractivity contribution in [2.45, 2.75) is 4.90 Å². The number of rotatable bonds is 8. The van der Waals surface area contributed by atoms with Crippen LogP contribution in [-0.2, 0) is 10.0 Å². The Bertz CT molecular complexity index is 1430. The minimum atomic E-state index is -4.04. The largest absolute Gasteiger partial charge is 0.478 e. The molecule has 0 aliphatic carbocycles. The van der Waals surface area contributed by atoms with E-state index in [1.54, 1.807) is 0 Å². The molecule has 0 spiro atoms. The average Bonchev–Trinajstić information content (AvgIpc) is 2.84. The summed E-state index contributed by atoms with van der Waals surface area (Å²) in [6.45, 7) is 0. The zero-order chi connectivity index (χ0) is 26.5. The third kappa shape index (κ3) is 6.21. The summed E-state index contributed by atoms with van der Waals surface area (Å²) in [6, 6.07) is 7.67. The maximum Gasteiger partial charge on any atom is 0.277 e. The second-order valence-corrected chi connectivity index (χ2v) is 8.80. The zero-order valence-corrected chi connectivity index (χ0v) is 19.7. The molecule has 1 aromatic heterocycles. The van der Waals surface area contributed by atoms with Gasteiger partial charge in [0.15, 0.2) is 5.11 Å². The minimum absolute atomic E-state index is 0.0190. The third-order valence-electron chi connectivity index (χ3n) is 4.32. The number of nitrogens with one attached hydrogen (secondary N) is 3. The molecule has 0 radical (unpaired) electrons. The van der Waals surface area contributed by atoms with Crippen LogP contribution >= 0.6 is 12.2 Å². The Morgan fingerprint density at radius 1 is 1.00 bits per heavy atom. The molecule has 36 heavy (non-hydrogen) atoms. The van der Waals surface area contributed by atoms with Crippen molar-refractivity contribution in [3.63, 3.8) is 0 Å². The predicted molar refractivity (Wildman–Crippen MR) is 129 cm³/mol. The number of nitro groups is 2. The van der Waals surface area contributed by atoms with Crippen LogP contribution in [-0.4, -0.2) is 46.4 Å². The number of non-ortho nitro benzene ring substituents is 2. The molecule has 0 saturated heterocycles. The van der Waals surface area contributed by atoms with E-state index < -0.39 is 37.2 Å². The van der Waals surface area contributed by atoms with E-state index in [0.29, 0.717) is 5.69 Å². The molecule has 0 unspecified atom stereocenters. The number of hydrogen-bond acceptors (Lipinski definition) is 11. The fourth-order valence-corrected chi connectivity index (χ4v) is 3.94. The standard InChI is InChI=1S/C19H15N7O8S2/c1-34-18-16(20-6-7-21-18)24-36(32,33)15-4-2-12(3-5-15)22-19(35)23-17(27)11-8-13(25(28)29)10-14(9-11)26(30)31/h2-10H,1H3,(H,20,24)(H2,22,23,27,35). The van der Waals surface area contributed by atoms with Crippen LogP contribution in [0.25, 0.3) is 0 Å². The van der Waals surface area contributed by atoms with E-state index >= 15 is 0 Å². The van der Waals surface area contributed by atoms with Gasteiger partial charge in [0.05, 0.1) is 33.5 Å². The van der Waals surface area contributed by atoms with E-state index in [0.717, 1.165) is 18.2 Å². The van der Waals surface area contributed by atoms with Crippen molar-refractivity contribution in [3.8, 4) is 5.88 Å². The van der Waals surface area contributed by atoms with Crippen molar-refractivity contribution in [3.05, 3.63) is 80.7 Å². The molecule has 3 N–H and O–H groups in total. The van der Waals surface area contributed by atoms with Crippen LogP contribution in [0.2, 0.25) is 0 Å². The number of carbonyl (C=O) groups excluding carboxylic acids is 1. The maximum atomic E-state index is 12.6. The first-order chi connectivity index (χ1) is 17.0. The van der Waals surface area contributed by atoms with Gasteiger partial charge in [-0.1, -0.05) is 0 Å². The fourth-order valence-electron chi connectivity index (χ4n) is 2.72. The van der Waals surface area contributed by atoms with Gasteiger partial charge in [-0.3, -0.25) is 35.1 Å². The fraction of sp³-hybridized carbons (Fsp3) is 0.0526. The van der Waals surface area contributed by atoms with E-state index in [1.807, 2.05) is 0 Å². The number of anilines is 2. The summed E-state index contributed by atoms with van der Waals surface area (Å²) in [5, 5.41) is 26.6. The summed E-state index contributed by atoms with van der Waals surface area (Å²) in [5.74, 6) is -1.05. The summed E-state index contributed by atoms with van der Waals surface area (Å²) < 4.78 is 32.5. The number of nitrogens with zero attached hydrogens (tertiary/aromatic N) is 4. The Balaban J connectivity index is 1.69. The third-order valence-corrected chi connectivity index (χ3v) is 5.88. The van der Waals surface area contributed by atoms with Crippen molar-refractivity contribution in [2.24, 2.45) is 0 Å². The highest BCUT2D eigenvalue weighted by molar-refractivity contribution is 7.92. The van der Waals surface area contributed by atoms with Gasteiger partial charge in [-0.05, 0) is 36.5 Å². The molecule has 2 aromatic carbocycles. The molecular formula is C19H15N7O8S2. The quantitative estimate of drug-likeness (QED) is 0.216. The van der Waals surface area contributed by atoms with Gasteiger partial charge in [-0.25, -0.2) is 18.4 Å². The number of ether oxygens (including phenoxy) is 1. The lowest BCUT2D eigenvalue weighted by Crippen LogP contribution is -2.34. The van der Waals surface area contributed by atoms with Crippen molar-refractivity contribution in [2.75, 3.05) is 17.1 Å². The second kappa shape index (κ2) is 10.7. The molecule has 17 heteroatoms. The lowest BCUT2D eigenvalue weighted by molar-refractivity contribution is -0.394. The van der Waals surface area contributed by atoms with Crippen molar-refractivity contribution >= 4 is 56.1 Å². The Morgan fingerprint density at radius 2 is 1.58 bits per heavy atom. The Hall–Kier alpha value is -4.77. The molecule has 186 valence electrons. The second-order valence-electron chi connectivity index (χ2n) is 6.70. The monoisotopic (exact) mass is 533 g/mol. The molecule has 15 nitrogen and oxygen atoms in total. The molecule has 0 saturated carbocycles. The average molecular weight is 534 g/mol. The number of carbonyl (C=O) groups is 1. The van der Waals surface area contributed by atoms with Gasteiger partial charge < -0.3 is 10.1 Å². The Labute approximate surface area is 207 Å². The lowest BCUT2D eigenvalue weighted by atomic mass is 10.1. The number of methoxy groups -OCH3 is 1. The number of nitro benzene ring substituents is 2. The number of amides is 1. The molecule has 1 heterocycles. The number of sulfonamides is 1. The van der Waals surface area contributed by atoms with Gasteiger partial charge >= 0.3 is 0 Å². The molecule has 3 aromatic rings. The van der Waals surface area contributed by atoms with Crippen LogP contribution in [0.1, 0.15) is 10.4 Å². The highest BCUT2D eigenvalue weighted by atomic mass is 32.2. The van der Waals surface area contributed by atoms with Crippen LogP contribution < -0.4 is 20.1 Å². The number of thiocarbonyl (C=S) groups is 1. The van der Waals surface area contributed by atoms with Crippen LogP contribution in [0.4, 0.5) is 22.9 Å². The minimum Gasteiger partial charge on any atom is -0.478 e. The van der Waals surface area contributed by atoms with E-state index in [9.17, 15) is 33.4 Å². The number of hydrogen-bond donors (Lipinski definition) is 3. The van der Waals surface area contributed by atoms with Crippen LogP contribution in [0, 0.1) is 20.2 Å². The van der Waals surface area contributed by atoms with Gasteiger partial charge in [-0.2, -0.15) is 0 Å². The van der Waals surface area contributed by atoms with Gasteiger partial charge in [-0.15, -0.1) is 0 Å². The first-order valence-corrected chi connectivity index (χ1v) is 11.4. The van der Waals surface area contributed by atoms with Gasteiger partial charge in [0, 0.05) is 30.2 Å². The topological polar surface area (TPSA) is 209 Å². The Kier molecular flexibility index (Phi) is 7.65. The highest BCUT2D eigenvalue weighted by Crippen LogP contribution is 2.24. The van der Waals surface area contributed by atoms with Crippen LogP contribution in [0.3, 0.4) is 0 Å². The van der Waals surface area contributed by atoms with Crippen molar-refractivity contribution in [1.82, 2.24) is 15.3 Å². The summed E-state index contributed by atoms with van der Waals surface area (Å²) in [7, 11) is -2.73. The van der Waals surface area contributed by atoms with Gasteiger partial charge in [0.1, 0.15) is 0 Å². The predicted octanol–water partition coefficient (Wildman–Crippen LogP) is 2.23. The summed E-state index contributed by atoms with van der Waals surface area (Å²) in [4.78, 5) is 40.3. The van der Waals surface area contributed by atoms with Crippen molar-refractivity contribution < 1.29 is 27.8 Å². The number of aromatic nitrogens is 2. The summed E-state index contributed by atoms with van der Waals surface area (Å²) in [5.41, 5.74) is -1.34. The number of benzene rings is 2. The van der Waals surface area contributed by atoms with E-state index in [-0.39, 0.29) is 27.3 Å². The molecule has 0 fully saturated rings. The highest BCUT2D eigenvalue weighted by Gasteiger charge is 2.21. The maximum absolute atomic E-state index is 12.6. The molecule has 0 bridgehead atoms. The first kappa shape index (κ1) is 25.8. The molecule has 0 atom stereocenters. The zero-order valence-electron chi connectivity index (χ0n) is 18.1. The van der Waals surface area contributed by atoms with Gasteiger partial charge in [0.2, 0.25) is 5.82 Å². The SMILES string of the molecule is COc1nccnc1NS(=O)(=O)c1ccc(NC(=S)NC(=O)c2cc([N+](=O)[O-])cc([N+](=O)[O-])c2)cc1. The lowest BCUT2D eigenvalue weighted by Gasteiger charge is -2.12. The summed E-state index contributed by atoms with van der Waals surface area (Å²) in [6.07, 6.45) is 2.62. The summed E-state index contributed by atoms with van der Waals surface area (Å²) >= 11 is 5.03. The molecule has 0 aliphatic rings. The smallest absolute Gasteiger partial charge is 0.277 e. The van der Waals surface area contributed by atoms with Crippen molar-refractivity contribution in [1.29, 1.82) is 0 Å². The molecular weight excluding hydrogens is 518 g/mol. The molecule has 0 aliphatic heterocycles. The van der Waals surface area contributed by atoms with Crippen LogP contribution in [0.5, 0.6) is 5.88 Å². The van der Waals surface area contributed by atoms with E-state index in [4.69, 9.17) is 17.0 Å². The van der Waals surface area contributed by atoms with Crippen LogP contribution in [0.15, 0.2) is 59.8 Å². The first-order valence-electron chi connectivity index (χ1n) is 9.54.